The molecule has 7 heteroatoms. The van der Waals surface area contributed by atoms with Gasteiger partial charge in [0.15, 0.2) is 0 Å². The molecular formula is C10H8ClF2NO2S. The molecular weight excluding hydrogens is 272 g/mol. The summed E-state index contributed by atoms with van der Waals surface area (Å²) in [6.07, 6.45) is -2.64. The van der Waals surface area contributed by atoms with Crippen molar-refractivity contribution in [3.05, 3.63) is 28.8 Å². The molecule has 0 aromatic heterocycles. The zero-order chi connectivity index (χ0) is 13.2. The van der Waals surface area contributed by atoms with Gasteiger partial charge in [-0.25, -0.2) is 17.2 Å². The lowest BCUT2D eigenvalue weighted by Gasteiger charge is -2.10. The summed E-state index contributed by atoms with van der Waals surface area (Å²) in [5.41, 5.74) is -0.684. The highest BCUT2D eigenvalue weighted by Crippen LogP contribution is 2.30. The van der Waals surface area contributed by atoms with Crippen molar-refractivity contribution < 1.29 is 17.2 Å². The van der Waals surface area contributed by atoms with Gasteiger partial charge in [-0.2, -0.15) is 5.26 Å². The number of hydrogen-bond donors (Lipinski definition) is 0. The van der Waals surface area contributed by atoms with Crippen LogP contribution in [0.5, 0.6) is 0 Å². The number of aryl methyl sites for hydroxylation is 1. The topological polar surface area (TPSA) is 57.9 Å². The van der Waals surface area contributed by atoms with Crippen molar-refractivity contribution in [3.8, 4) is 6.07 Å². The van der Waals surface area contributed by atoms with Crippen molar-refractivity contribution in [2.45, 2.75) is 24.7 Å². The summed E-state index contributed by atoms with van der Waals surface area (Å²) in [6, 6.07) is 3.50. The van der Waals surface area contributed by atoms with Crippen molar-refractivity contribution in [2.75, 3.05) is 0 Å². The maximum atomic E-state index is 12.8. The van der Waals surface area contributed by atoms with E-state index in [9.17, 15) is 17.2 Å². The fourth-order valence-corrected chi connectivity index (χ4v) is 2.28. The van der Waals surface area contributed by atoms with E-state index in [1.165, 1.54) is 0 Å². The molecule has 3 nitrogen and oxygen atoms in total. The molecule has 0 amide bonds. The summed E-state index contributed by atoms with van der Waals surface area (Å²) in [7, 11) is 1.09. The Kier molecular flexibility index (Phi) is 4.07. The summed E-state index contributed by atoms with van der Waals surface area (Å²) in [4.78, 5) is -0.336. The van der Waals surface area contributed by atoms with Crippen LogP contribution in [0.3, 0.4) is 0 Å². The molecule has 17 heavy (non-hydrogen) atoms. The largest absolute Gasteiger partial charge is 0.265 e. The Balaban J connectivity index is 3.63. The molecule has 0 aliphatic rings. The molecule has 0 fully saturated rings. The molecule has 0 atom stereocenters. The van der Waals surface area contributed by atoms with E-state index in [1.54, 1.807) is 13.0 Å². The summed E-state index contributed by atoms with van der Waals surface area (Å²) in [5.74, 6) is 0. The van der Waals surface area contributed by atoms with E-state index < -0.39 is 21.0 Å². The van der Waals surface area contributed by atoms with Gasteiger partial charge in [-0.3, -0.25) is 0 Å². The zero-order valence-corrected chi connectivity index (χ0v) is 10.3. The van der Waals surface area contributed by atoms with Gasteiger partial charge in [0.1, 0.15) is 0 Å². The molecule has 0 spiro atoms. The molecule has 0 radical (unpaired) electrons. The SMILES string of the molecule is CCc1cc(S(=O)(=O)Cl)cc(C#N)c1C(F)F. The van der Waals surface area contributed by atoms with Gasteiger partial charge in [0.05, 0.1) is 16.5 Å². The highest BCUT2D eigenvalue weighted by molar-refractivity contribution is 8.13. The minimum atomic E-state index is -4.03. The van der Waals surface area contributed by atoms with Crippen LogP contribution in [0.4, 0.5) is 8.78 Å². The fraction of sp³-hybridized carbons (Fsp3) is 0.300. The van der Waals surface area contributed by atoms with E-state index >= 15 is 0 Å². The van der Waals surface area contributed by atoms with E-state index in [1.807, 2.05) is 0 Å². The molecule has 92 valence electrons. The van der Waals surface area contributed by atoms with Crippen LogP contribution in [-0.2, 0) is 15.5 Å². The first kappa shape index (κ1) is 13.9. The molecule has 1 rings (SSSR count). The van der Waals surface area contributed by atoms with E-state index in [0.717, 1.165) is 12.1 Å². The molecule has 1 aromatic carbocycles. The smallest absolute Gasteiger partial charge is 0.207 e. The highest BCUT2D eigenvalue weighted by Gasteiger charge is 2.21. The Morgan fingerprint density at radius 2 is 2.06 bits per heavy atom. The minimum absolute atomic E-state index is 0.110. The van der Waals surface area contributed by atoms with Crippen LogP contribution < -0.4 is 0 Å². The number of halogens is 3. The third kappa shape index (κ3) is 2.93. The second kappa shape index (κ2) is 4.98. The van der Waals surface area contributed by atoms with Crippen LogP contribution in [0.15, 0.2) is 17.0 Å². The fourth-order valence-electron chi connectivity index (χ4n) is 1.47. The predicted molar refractivity (Wildman–Crippen MR) is 58.5 cm³/mol. The number of benzene rings is 1. The third-order valence-electron chi connectivity index (χ3n) is 2.24. The molecule has 1 aromatic rings. The standard InChI is InChI=1S/C10H8ClF2NO2S/c1-2-6-3-8(17(11,15)16)4-7(5-14)9(6)10(12)13/h3-4,10H,2H2,1H3. The first-order chi connectivity index (χ1) is 7.81. The van der Waals surface area contributed by atoms with Crippen molar-refractivity contribution in [2.24, 2.45) is 0 Å². The van der Waals surface area contributed by atoms with Crippen LogP contribution in [0.1, 0.15) is 30.0 Å². The van der Waals surface area contributed by atoms with Gasteiger partial charge in [-0.15, -0.1) is 0 Å². The maximum Gasteiger partial charge on any atom is 0.265 e. The molecule has 0 aliphatic carbocycles. The lowest BCUT2D eigenvalue weighted by atomic mass is 10.0. The Bertz CT molecular complexity index is 579. The average molecular weight is 280 g/mol. The van der Waals surface area contributed by atoms with Crippen LogP contribution in [0.25, 0.3) is 0 Å². The monoisotopic (exact) mass is 279 g/mol. The van der Waals surface area contributed by atoms with E-state index in [4.69, 9.17) is 15.9 Å². The van der Waals surface area contributed by atoms with E-state index in [0.29, 0.717) is 0 Å². The van der Waals surface area contributed by atoms with Crippen molar-refractivity contribution in [1.29, 1.82) is 5.26 Å². The number of alkyl halides is 2. The molecule has 0 saturated carbocycles. The number of hydrogen-bond acceptors (Lipinski definition) is 3. The van der Waals surface area contributed by atoms with Gasteiger partial charge in [0, 0.05) is 16.2 Å². The van der Waals surface area contributed by atoms with Crippen LogP contribution >= 0.6 is 10.7 Å². The Morgan fingerprint density at radius 3 is 2.41 bits per heavy atom. The van der Waals surface area contributed by atoms with Gasteiger partial charge in [0.2, 0.25) is 0 Å². The van der Waals surface area contributed by atoms with Crippen LogP contribution in [-0.4, -0.2) is 8.42 Å². The lowest BCUT2D eigenvalue weighted by Crippen LogP contribution is -2.02. The summed E-state index contributed by atoms with van der Waals surface area (Å²) >= 11 is 0. The van der Waals surface area contributed by atoms with Gasteiger partial charge in [-0.05, 0) is 24.1 Å². The zero-order valence-electron chi connectivity index (χ0n) is 8.75. The quantitative estimate of drug-likeness (QED) is 0.799. The van der Waals surface area contributed by atoms with E-state index in [2.05, 4.69) is 0 Å². The van der Waals surface area contributed by atoms with Gasteiger partial charge in [0.25, 0.3) is 15.5 Å². The molecule has 0 aliphatic heterocycles. The van der Waals surface area contributed by atoms with E-state index in [-0.39, 0.29) is 22.4 Å². The Hall–Kier alpha value is -1.19. The normalized spacial score (nSPS) is 11.5. The minimum Gasteiger partial charge on any atom is -0.207 e. The van der Waals surface area contributed by atoms with Crippen LogP contribution in [0.2, 0.25) is 0 Å². The third-order valence-corrected chi connectivity index (χ3v) is 3.57. The summed E-state index contributed by atoms with van der Waals surface area (Å²) in [5, 5.41) is 8.76. The molecule has 0 heterocycles. The highest BCUT2D eigenvalue weighted by atomic mass is 35.7. The molecule has 0 bridgehead atoms. The second-order valence-electron chi connectivity index (χ2n) is 3.25. The van der Waals surface area contributed by atoms with Crippen molar-refractivity contribution in [1.82, 2.24) is 0 Å². The number of nitrogens with zero attached hydrogens (tertiary/aromatic N) is 1. The number of nitriles is 1. The Morgan fingerprint density at radius 1 is 1.47 bits per heavy atom. The second-order valence-corrected chi connectivity index (χ2v) is 5.81. The predicted octanol–water partition coefficient (Wildman–Crippen LogP) is 2.99. The lowest BCUT2D eigenvalue weighted by molar-refractivity contribution is 0.150. The summed E-state index contributed by atoms with van der Waals surface area (Å²) in [6.45, 7) is 1.59. The number of rotatable bonds is 3. The van der Waals surface area contributed by atoms with Gasteiger partial charge in [-0.1, -0.05) is 6.92 Å². The first-order valence-corrected chi connectivity index (χ1v) is 6.92. The van der Waals surface area contributed by atoms with Crippen molar-refractivity contribution >= 4 is 19.7 Å². The molecule has 0 N–H and O–H groups in total. The maximum absolute atomic E-state index is 12.8. The molecule has 0 saturated heterocycles. The first-order valence-electron chi connectivity index (χ1n) is 4.61. The van der Waals surface area contributed by atoms with Gasteiger partial charge >= 0.3 is 0 Å². The molecule has 0 unspecified atom stereocenters. The van der Waals surface area contributed by atoms with Crippen LogP contribution in [0, 0.1) is 11.3 Å². The average Bonchev–Trinajstić information content (AvgIpc) is 2.25. The van der Waals surface area contributed by atoms with Crippen molar-refractivity contribution in [3.63, 3.8) is 0 Å². The van der Waals surface area contributed by atoms with Gasteiger partial charge < -0.3 is 0 Å². The Labute approximate surface area is 102 Å². The summed E-state index contributed by atoms with van der Waals surface area (Å²) < 4.78 is 47.8.